The highest BCUT2D eigenvalue weighted by atomic mass is 35.5. The predicted molar refractivity (Wildman–Crippen MR) is 83.1 cm³/mol. The molecular weight excluding hydrogens is 317 g/mol. The largest absolute Gasteiger partial charge is 0.338 e. The van der Waals surface area contributed by atoms with Gasteiger partial charge in [0.2, 0.25) is 5.91 Å². The van der Waals surface area contributed by atoms with Crippen LogP contribution in [0, 0.1) is 5.92 Å². The molecule has 2 rings (SSSR count). The molecule has 0 aliphatic carbocycles. The molecule has 0 spiro atoms. The molecule has 108 valence electrons. The van der Waals surface area contributed by atoms with Crippen molar-refractivity contribution in [3.8, 4) is 0 Å². The van der Waals surface area contributed by atoms with Crippen molar-refractivity contribution in [2.24, 2.45) is 5.92 Å². The van der Waals surface area contributed by atoms with Gasteiger partial charge in [0, 0.05) is 32.2 Å². The summed E-state index contributed by atoms with van der Waals surface area (Å²) in [5, 5.41) is 1.11. The molecule has 1 amide bonds. The number of carbonyl (C=O) groups is 2. The number of halogens is 2. The third kappa shape index (κ3) is 4.14. The van der Waals surface area contributed by atoms with Gasteiger partial charge in [0.1, 0.15) is 0 Å². The van der Waals surface area contributed by atoms with E-state index in [2.05, 4.69) is 0 Å². The Morgan fingerprint density at radius 1 is 1.40 bits per heavy atom. The van der Waals surface area contributed by atoms with Gasteiger partial charge in [0.25, 0.3) is 0 Å². The Morgan fingerprint density at radius 2 is 2.15 bits per heavy atom. The molecule has 1 fully saturated rings. The zero-order valence-corrected chi connectivity index (χ0v) is 13.4. The molecule has 1 atom stereocenters. The first kappa shape index (κ1) is 15.7. The SMILES string of the molecule is CC(=O)SCC1CC(=O)N(Cc2ccc(Cl)c(Cl)c2)C1. The number of benzene rings is 1. The first-order valence-corrected chi connectivity index (χ1v) is 8.05. The van der Waals surface area contributed by atoms with E-state index in [0.717, 1.165) is 5.56 Å². The van der Waals surface area contributed by atoms with Crippen LogP contribution in [0.3, 0.4) is 0 Å². The van der Waals surface area contributed by atoms with Crippen molar-refractivity contribution in [2.45, 2.75) is 19.9 Å². The highest BCUT2D eigenvalue weighted by molar-refractivity contribution is 8.13. The summed E-state index contributed by atoms with van der Waals surface area (Å²) in [5.41, 5.74) is 0.965. The van der Waals surface area contributed by atoms with E-state index in [0.29, 0.717) is 35.3 Å². The van der Waals surface area contributed by atoms with E-state index < -0.39 is 0 Å². The number of hydrogen-bond donors (Lipinski definition) is 0. The van der Waals surface area contributed by atoms with Crippen molar-refractivity contribution in [2.75, 3.05) is 12.3 Å². The van der Waals surface area contributed by atoms with Crippen molar-refractivity contribution >= 4 is 46.0 Å². The summed E-state index contributed by atoms with van der Waals surface area (Å²) in [6.45, 7) is 2.78. The average molecular weight is 332 g/mol. The summed E-state index contributed by atoms with van der Waals surface area (Å²) >= 11 is 13.1. The van der Waals surface area contributed by atoms with Crippen molar-refractivity contribution in [1.82, 2.24) is 4.90 Å². The maximum atomic E-state index is 12.0. The van der Waals surface area contributed by atoms with Crippen LogP contribution < -0.4 is 0 Å². The number of amides is 1. The molecule has 1 saturated heterocycles. The second-order valence-corrected chi connectivity index (χ2v) is 6.91. The van der Waals surface area contributed by atoms with Crippen LogP contribution in [0.25, 0.3) is 0 Å². The van der Waals surface area contributed by atoms with Crippen LogP contribution in [0.2, 0.25) is 10.0 Å². The number of hydrogen-bond acceptors (Lipinski definition) is 3. The Kier molecular flexibility index (Phi) is 5.35. The van der Waals surface area contributed by atoms with Crippen molar-refractivity contribution < 1.29 is 9.59 Å². The van der Waals surface area contributed by atoms with E-state index in [9.17, 15) is 9.59 Å². The number of thioether (sulfide) groups is 1. The highest BCUT2D eigenvalue weighted by Crippen LogP contribution is 2.26. The molecule has 1 aromatic rings. The van der Waals surface area contributed by atoms with Crippen LogP contribution in [0.4, 0.5) is 0 Å². The molecule has 0 radical (unpaired) electrons. The molecule has 20 heavy (non-hydrogen) atoms. The molecule has 1 aliphatic rings. The van der Waals surface area contributed by atoms with Crippen LogP contribution in [0.1, 0.15) is 18.9 Å². The summed E-state index contributed by atoms with van der Waals surface area (Å²) in [4.78, 5) is 24.7. The van der Waals surface area contributed by atoms with Crippen molar-refractivity contribution in [3.05, 3.63) is 33.8 Å². The molecule has 0 aromatic heterocycles. The number of carbonyl (C=O) groups excluding carboxylic acids is 2. The van der Waals surface area contributed by atoms with Gasteiger partial charge in [-0.3, -0.25) is 9.59 Å². The van der Waals surface area contributed by atoms with Crippen molar-refractivity contribution in [3.63, 3.8) is 0 Å². The van der Waals surface area contributed by atoms with E-state index in [-0.39, 0.29) is 16.9 Å². The minimum atomic E-state index is 0.0976. The van der Waals surface area contributed by atoms with Crippen LogP contribution >= 0.6 is 35.0 Å². The summed E-state index contributed by atoms with van der Waals surface area (Å²) in [6, 6.07) is 5.40. The van der Waals surface area contributed by atoms with Gasteiger partial charge in [0.15, 0.2) is 5.12 Å². The lowest BCUT2D eigenvalue weighted by molar-refractivity contribution is -0.128. The Morgan fingerprint density at radius 3 is 2.80 bits per heavy atom. The highest BCUT2D eigenvalue weighted by Gasteiger charge is 2.29. The summed E-state index contributed by atoms with van der Waals surface area (Å²) in [6.07, 6.45) is 0.515. The Balaban J connectivity index is 1.94. The van der Waals surface area contributed by atoms with Gasteiger partial charge in [-0.25, -0.2) is 0 Å². The zero-order valence-electron chi connectivity index (χ0n) is 11.1. The quantitative estimate of drug-likeness (QED) is 0.845. The second-order valence-electron chi connectivity index (χ2n) is 4.90. The molecule has 1 heterocycles. The topological polar surface area (TPSA) is 37.4 Å². The Labute approximate surface area is 132 Å². The van der Waals surface area contributed by atoms with Gasteiger partial charge in [-0.2, -0.15) is 0 Å². The van der Waals surface area contributed by atoms with Crippen molar-refractivity contribution in [1.29, 1.82) is 0 Å². The van der Waals surface area contributed by atoms with Crippen LogP contribution in [-0.2, 0) is 16.1 Å². The standard InChI is InChI=1S/C14H15Cl2NO2S/c1-9(18)20-8-11-5-14(19)17(7-11)6-10-2-3-12(15)13(16)4-10/h2-4,11H,5-8H2,1H3. The maximum absolute atomic E-state index is 12.0. The van der Waals surface area contributed by atoms with E-state index in [1.165, 1.54) is 11.8 Å². The van der Waals surface area contributed by atoms with Gasteiger partial charge in [-0.05, 0) is 23.6 Å². The fourth-order valence-electron chi connectivity index (χ4n) is 2.21. The van der Waals surface area contributed by atoms with Gasteiger partial charge < -0.3 is 4.90 Å². The van der Waals surface area contributed by atoms with Crippen LogP contribution in [0.5, 0.6) is 0 Å². The first-order chi connectivity index (χ1) is 9.45. The fourth-order valence-corrected chi connectivity index (χ4v) is 3.23. The molecule has 1 aliphatic heterocycles. The molecule has 1 unspecified atom stereocenters. The Bertz CT molecular complexity index is 536. The van der Waals surface area contributed by atoms with Gasteiger partial charge >= 0.3 is 0 Å². The average Bonchev–Trinajstić information content (AvgIpc) is 2.72. The van der Waals surface area contributed by atoms with Gasteiger partial charge in [-0.1, -0.05) is 41.0 Å². The molecule has 0 bridgehead atoms. The third-order valence-corrected chi connectivity index (χ3v) is 4.96. The lowest BCUT2D eigenvalue weighted by Crippen LogP contribution is -2.24. The van der Waals surface area contributed by atoms with E-state index in [1.54, 1.807) is 19.1 Å². The van der Waals surface area contributed by atoms with Crippen LogP contribution in [0.15, 0.2) is 18.2 Å². The van der Waals surface area contributed by atoms with Gasteiger partial charge in [0.05, 0.1) is 10.0 Å². The minimum Gasteiger partial charge on any atom is -0.338 e. The fraction of sp³-hybridized carbons (Fsp3) is 0.429. The minimum absolute atomic E-state index is 0.0976. The lowest BCUT2D eigenvalue weighted by atomic mass is 10.1. The number of rotatable bonds is 4. The summed E-state index contributed by atoms with van der Waals surface area (Å²) in [7, 11) is 0. The van der Waals surface area contributed by atoms with E-state index >= 15 is 0 Å². The van der Waals surface area contributed by atoms with E-state index in [4.69, 9.17) is 23.2 Å². The molecule has 0 saturated carbocycles. The normalized spacial score (nSPS) is 18.6. The molecule has 3 nitrogen and oxygen atoms in total. The number of likely N-dealkylation sites (tertiary alicyclic amines) is 1. The lowest BCUT2D eigenvalue weighted by Gasteiger charge is -2.17. The monoisotopic (exact) mass is 331 g/mol. The smallest absolute Gasteiger partial charge is 0.223 e. The molecule has 6 heteroatoms. The summed E-state index contributed by atoms with van der Waals surface area (Å²) < 4.78 is 0. The molecule has 0 N–H and O–H groups in total. The van der Waals surface area contributed by atoms with Crippen LogP contribution in [-0.4, -0.2) is 28.2 Å². The third-order valence-electron chi connectivity index (χ3n) is 3.17. The Hall–Kier alpha value is -0.710. The van der Waals surface area contributed by atoms with E-state index in [1.807, 2.05) is 11.0 Å². The summed E-state index contributed by atoms with van der Waals surface area (Å²) in [5.74, 6) is 1.09. The first-order valence-electron chi connectivity index (χ1n) is 6.30. The predicted octanol–water partition coefficient (Wildman–Crippen LogP) is 3.62. The maximum Gasteiger partial charge on any atom is 0.223 e. The number of nitrogens with zero attached hydrogens (tertiary/aromatic N) is 1. The second kappa shape index (κ2) is 6.83. The molecular formula is C14H15Cl2NO2S. The zero-order chi connectivity index (χ0) is 14.7. The van der Waals surface area contributed by atoms with Gasteiger partial charge in [-0.15, -0.1) is 0 Å². The molecule has 1 aromatic carbocycles.